The molecule has 1 fully saturated rings. The van der Waals surface area contributed by atoms with E-state index < -0.39 is 11.8 Å². The van der Waals surface area contributed by atoms with Crippen molar-refractivity contribution in [2.24, 2.45) is 0 Å². The number of hydrogen-bond acceptors (Lipinski definition) is 4. The van der Waals surface area contributed by atoms with Gasteiger partial charge in [0.05, 0.1) is 0 Å². The van der Waals surface area contributed by atoms with Crippen molar-refractivity contribution >= 4 is 11.8 Å². The summed E-state index contributed by atoms with van der Waals surface area (Å²) in [5, 5.41) is 5.92. The molecule has 0 aromatic rings. The van der Waals surface area contributed by atoms with Crippen LogP contribution in [0.2, 0.25) is 0 Å². The van der Waals surface area contributed by atoms with Crippen LogP contribution in [-0.2, 0) is 9.59 Å². The fourth-order valence-corrected chi connectivity index (χ4v) is 1.41. The van der Waals surface area contributed by atoms with E-state index in [-0.39, 0.29) is 0 Å². The molecular weight excluding hydrogens is 194 g/mol. The molecule has 1 saturated heterocycles. The van der Waals surface area contributed by atoms with Gasteiger partial charge in [-0.3, -0.25) is 9.59 Å². The van der Waals surface area contributed by atoms with E-state index in [0.29, 0.717) is 13.1 Å². The Morgan fingerprint density at radius 2 is 1.60 bits per heavy atom. The maximum atomic E-state index is 11.5. The summed E-state index contributed by atoms with van der Waals surface area (Å²) in [5.41, 5.74) is 0. The number of hydrazine groups is 1. The van der Waals surface area contributed by atoms with Gasteiger partial charge in [0.25, 0.3) is 11.8 Å². The predicted octanol–water partition coefficient (Wildman–Crippen LogP) is -0.466. The van der Waals surface area contributed by atoms with Crippen molar-refractivity contribution in [2.75, 3.05) is 26.2 Å². The van der Waals surface area contributed by atoms with E-state index in [2.05, 4.69) is 18.5 Å². The van der Waals surface area contributed by atoms with Crippen LogP contribution >= 0.6 is 0 Å². The summed E-state index contributed by atoms with van der Waals surface area (Å²) in [6, 6.07) is 0. The van der Waals surface area contributed by atoms with Crippen molar-refractivity contribution < 1.29 is 9.59 Å². The van der Waals surface area contributed by atoms with Crippen LogP contribution in [0.4, 0.5) is 0 Å². The van der Waals surface area contributed by atoms with Gasteiger partial charge in [-0.1, -0.05) is 13.2 Å². The number of carbonyl (C=O) groups excluding carboxylic acids is 2. The van der Waals surface area contributed by atoms with Gasteiger partial charge in [-0.25, -0.2) is 10.0 Å². The molecule has 0 atom stereocenters. The number of hydrogen-bond donors (Lipinski definition) is 1. The molecule has 1 heterocycles. The molecule has 82 valence electrons. The lowest BCUT2D eigenvalue weighted by atomic mass is 10.4. The minimum atomic E-state index is -0.415. The number of piperazine rings is 1. The molecule has 1 aliphatic rings. The Hall–Kier alpha value is -1.46. The average Bonchev–Trinajstić information content (AvgIpc) is 2.30. The van der Waals surface area contributed by atoms with Gasteiger partial charge in [0.2, 0.25) is 0 Å². The number of rotatable bonds is 3. The maximum absolute atomic E-state index is 11.5. The predicted molar refractivity (Wildman–Crippen MR) is 56.7 cm³/mol. The summed E-state index contributed by atoms with van der Waals surface area (Å²) < 4.78 is 0. The molecular formula is C10H15N3O2. The van der Waals surface area contributed by atoms with Crippen LogP contribution in [0.15, 0.2) is 25.3 Å². The highest BCUT2D eigenvalue weighted by Crippen LogP contribution is 2.03. The Kier molecular flexibility index (Phi) is 4.20. The van der Waals surface area contributed by atoms with Crippen LogP contribution < -0.4 is 5.32 Å². The minimum Gasteiger partial charge on any atom is -0.314 e. The largest absolute Gasteiger partial charge is 0.314 e. The van der Waals surface area contributed by atoms with Gasteiger partial charge in [-0.2, -0.15) is 0 Å². The van der Waals surface area contributed by atoms with Crippen LogP contribution in [0.5, 0.6) is 0 Å². The van der Waals surface area contributed by atoms with Gasteiger partial charge >= 0.3 is 0 Å². The Labute approximate surface area is 89.0 Å². The fourth-order valence-electron chi connectivity index (χ4n) is 1.41. The van der Waals surface area contributed by atoms with Crippen LogP contribution in [0.1, 0.15) is 0 Å². The number of imide groups is 1. The topological polar surface area (TPSA) is 52.7 Å². The molecule has 0 bridgehead atoms. The highest BCUT2D eigenvalue weighted by Gasteiger charge is 2.25. The molecule has 15 heavy (non-hydrogen) atoms. The number of nitrogens with zero attached hydrogens (tertiary/aromatic N) is 2. The van der Waals surface area contributed by atoms with E-state index in [9.17, 15) is 9.59 Å². The molecule has 0 aromatic carbocycles. The summed E-state index contributed by atoms with van der Waals surface area (Å²) in [4.78, 5) is 23.0. The van der Waals surface area contributed by atoms with Crippen LogP contribution in [-0.4, -0.2) is 48.0 Å². The molecule has 5 nitrogen and oxygen atoms in total. The molecule has 0 radical (unpaired) electrons. The Morgan fingerprint density at radius 3 is 2.00 bits per heavy atom. The summed E-state index contributed by atoms with van der Waals surface area (Å²) in [6.07, 6.45) is 2.26. The third-order valence-electron chi connectivity index (χ3n) is 2.14. The zero-order valence-corrected chi connectivity index (χ0v) is 8.61. The quantitative estimate of drug-likeness (QED) is 0.639. The minimum absolute atomic E-state index is 0.415. The lowest BCUT2D eigenvalue weighted by Crippen LogP contribution is -2.55. The van der Waals surface area contributed by atoms with Crippen molar-refractivity contribution in [3.05, 3.63) is 25.3 Å². The fraction of sp³-hybridized carbons (Fsp3) is 0.400. The highest BCUT2D eigenvalue weighted by atomic mass is 16.2. The van der Waals surface area contributed by atoms with Gasteiger partial charge in [-0.05, 0) is 12.2 Å². The highest BCUT2D eigenvalue weighted by molar-refractivity contribution is 6.04. The van der Waals surface area contributed by atoms with Gasteiger partial charge in [0.1, 0.15) is 0 Å². The van der Waals surface area contributed by atoms with Crippen molar-refractivity contribution in [3.8, 4) is 0 Å². The Balaban J connectivity index is 2.78. The normalized spacial score (nSPS) is 16.8. The molecule has 5 heteroatoms. The lowest BCUT2D eigenvalue weighted by Gasteiger charge is -2.34. The zero-order valence-electron chi connectivity index (χ0n) is 8.61. The molecule has 1 aliphatic heterocycles. The van der Waals surface area contributed by atoms with Crippen molar-refractivity contribution in [2.45, 2.75) is 0 Å². The zero-order chi connectivity index (χ0) is 11.3. The molecule has 0 aliphatic carbocycles. The second kappa shape index (κ2) is 5.43. The second-order valence-corrected chi connectivity index (χ2v) is 3.10. The molecule has 1 N–H and O–H groups in total. The number of carbonyl (C=O) groups is 2. The average molecular weight is 209 g/mol. The molecule has 0 saturated carbocycles. The summed E-state index contributed by atoms with van der Waals surface area (Å²) in [7, 11) is 0. The number of nitrogens with one attached hydrogen (secondary N) is 1. The molecule has 0 aromatic heterocycles. The Bertz CT molecular complexity index is 262. The maximum Gasteiger partial charge on any atom is 0.267 e. The van der Waals surface area contributed by atoms with Gasteiger partial charge < -0.3 is 5.32 Å². The van der Waals surface area contributed by atoms with E-state index >= 15 is 0 Å². The first-order valence-electron chi connectivity index (χ1n) is 4.79. The van der Waals surface area contributed by atoms with Gasteiger partial charge in [0.15, 0.2) is 0 Å². The second-order valence-electron chi connectivity index (χ2n) is 3.10. The van der Waals surface area contributed by atoms with E-state index in [1.165, 1.54) is 0 Å². The number of amides is 2. The van der Waals surface area contributed by atoms with Crippen LogP contribution in [0, 0.1) is 0 Å². The summed E-state index contributed by atoms with van der Waals surface area (Å²) >= 11 is 0. The van der Waals surface area contributed by atoms with Gasteiger partial charge in [-0.15, -0.1) is 0 Å². The monoisotopic (exact) mass is 209 g/mol. The molecule has 0 spiro atoms. The lowest BCUT2D eigenvalue weighted by molar-refractivity contribution is -0.158. The van der Waals surface area contributed by atoms with E-state index in [4.69, 9.17) is 0 Å². The SMILES string of the molecule is C=CC(=O)N(C(=O)C=C)N1CCNCC1. The third-order valence-corrected chi connectivity index (χ3v) is 2.14. The standard InChI is InChI=1S/C10H15N3O2/c1-3-9(14)13(10(15)4-2)12-7-5-11-6-8-12/h3-4,11H,1-2,5-8H2. The first-order valence-corrected chi connectivity index (χ1v) is 4.79. The Morgan fingerprint density at radius 1 is 1.13 bits per heavy atom. The summed E-state index contributed by atoms with van der Waals surface area (Å²) in [6.45, 7) is 9.50. The van der Waals surface area contributed by atoms with Crippen molar-refractivity contribution in [3.63, 3.8) is 0 Å². The van der Waals surface area contributed by atoms with E-state index in [1.54, 1.807) is 5.01 Å². The van der Waals surface area contributed by atoms with Crippen LogP contribution in [0.3, 0.4) is 0 Å². The summed E-state index contributed by atoms with van der Waals surface area (Å²) in [5.74, 6) is -0.830. The smallest absolute Gasteiger partial charge is 0.267 e. The molecule has 2 amide bonds. The third kappa shape index (κ3) is 2.74. The molecule has 0 unspecified atom stereocenters. The van der Waals surface area contributed by atoms with E-state index in [1.807, 2.05) is 0 Å². The van der Waals surface area contributed by atoms with E-state index in [0.717, 1.165) is 30.3 Å². The van der Waals surface area contributed by atoms with Crippen molar-refractivity contribution in [1.29, 1.82) is 0 Å². The van der Waals surface area contributed by atoms with Crippen molar-refractivity contribution in [1.82, 2.24) is 15.3 Å². The van der Waals surface area contributed by atoms with Gasteiger partial charge in [0, 0.05) is 26.2 Å². The first-order chi connectivity index (χ1) is 7.20. The first kappa shape index (κ1) is 11.6. The van der Waals surface area contributed by atoms with Crippen LogP contribution in [0.25, 0.3) is 0 Å². The molecule has 1 rings (SSSR count).